The zero-order valence-electron chi connectivity index (χ0n) is 13.2. The standard InChI is InChI=1S/C17H16N2O5/c1-11-5-3-4-6-14(11)18-16(20)10-24-17(21)13-7-8-15(19(22)23)12(2)9-13/h3-9H,10H2,1-2H3,(H,18,20). The lowest BCUT2D eigenvalue weighted by Gasteiger charge is -2.09. The van der Waals surface area contributed by atoms with E-state index in [2.05, 4.69) is 5.32 Å². The van der Waals surface area contributed by atoms with Crippen molar-refractivity contribution in [3.8, 4) is 0 Å². The van der Waals surface area contributed by atoms with E-state index in [4.69, 9.17) is 4.74 Å². The molecule has 0 spiro atoms. The summed E-state index contributed by atoms with van der Waals surface area (Å²) in [5.74, 6) is -1.18. The van der Waals surface area contributed by atoms with Gasteiger partial charge in [0.15, 0.2) is 6.61 Å². The van der Waals surface area contributed by atoms with Crippen LogP contribution in [0.2, 0.25) is 0 Å². The summed E-state index contributed by atoms with van der Waals surface area (Å²) in [6.45, 7) is 2.93. The third kappa shape index (κ3) is 4.16. The fourth-order valence-corrected chi connectivity index (χ4v) is 2.10. The maximum absolute atomic E-state index is 11.9. The molecule has 0 aliphatic rings. The summed E-state index contributed by atoms with van der Waals surface area (Å²) < 4.78 is 4.94. The molecule has 0 unspecified atom stereocenters. The molecule has 0 atom stereocenters. The molecule has 2 rings (SSSR count). The number of nitro benzene ring substituents is 1. The molecule has 0 aromatic heterocycles. The average molecular weight is 328 g/mol. The largest absolute Gasteiger partial charge is 0.452 e. The van der Waals surface area contributed by atoms with E-state index in [0.29, 0.717) is 11.3 Å². The van der Waals surface area contributed by atoms with Gasteiger partial charge in [0.2, 0.25) is 0 Å². The van der Waals surface area contributed by atoms with Gasteiger partial charge < -0.3 is 10.1 Å². The van der Waals surface area contributed by atoms with Crippen LogP contribution in [0.4, 0.5) is 11.4 Å². The molecular weight excluding hydrogens is 312 g/mol. The van der Waals surface area contributed by atoms with Gasteiger partial charge in [-0.1, -0.05) is 18.2 Å². The van der Waals surface area contributed by atoms with Gasteiger partial charge in [-0.05, 0) is 37.6 Å². The molecule has 0 radical (unpaired) electrons. The average Bonchev–Trinajstić information content (AvgIpc) is 2.54. The Morgan fingerprint density at radius 3 is 2.46 bits per heavy atom. The maximum atomic E-state index is 11.9. The third-order valence-corrected chi connectivity index (χ3v) is 3.38. The number of nitrogens with one attached hydrogen (secondary N) is 1. The number of para-hydroxylation sites is 1. The summed E-state index contributed by atoms with van der Waals surface area (Å²) in [5.41, 5.74) is 1.96. The molecule has 1 amide bonds. The Balaban J connectivity index is 1.95. The van der Waals surface area contributed by atoms with Crippen molar-refractivity contribution >= 4 is 23.3 Å². The molecule has 0 saturated carbocycles. The second-order valence-electron chi connectivity index (χ2n) is 5.20. The Labute approximate surface area is 138 Å². The summed E-state index contributed by atoms with van der Waals surface area (Å²) in [6.07, 6.45) is 0. The fraction of sp³-hybridized carbons (Fsp3) is 0.176. The first-order valence-corrected chi connectivity index (χ1v) is 7.16. The van der Waals surface area contributed by atoms with Gasteiger partial charge in [0.05, 0.1) is 10.5 Å². The first kappa shape index (κ1) is 17.1. The number of carbonyl (C=O) groups is 2. The third-order valence-electron chi connectivity index (χ3n) is 3.38. The summed E-state index contributed by atoms with van der Waals surface area (Å²) in [7, 11) is 0. The van der Waals surface area contributed by atoms with Crippen LogP contribution in [0, 0.1) is 24.0 Å². The van der Waals surface area contributed by atoms with Crippen molar-refractivity contribution in [1.82, 2.24) is 0 Å². The monoisotopic (exact) mass is 328 g/mol. The number of nitro groups is 1. The number of benzene rings is 2. The normalized spacial score (nSPS) is 10.1. The fourth-order valence-electron chi connectivity index (χ4n) is 2.10. The van der Waals surface area contributed by atoms with Crippen molar-refractivity contribution in [2.75, 3.05) is 11.9 Å². The quantitative estimate of drug-likeness (QED) is 0.517. The lowest BCUT2D eigenvalue weighted by atomic mass is 10.1. The Kier molecular flexibility index (Phi) is 5.26. The zero-order chi connectivity index (χ0) is 17.7. The second-order valence-corrected chi connectivity index (χ2v) is 5.20. The van der Waals surface area contributed by atoms with Gasteiger partial charge in [0.1, 0.15) is 0 Å². The molecule has 0 aliphatic heterocycles. The van der Waals surface area contributed by atoms with Gasteiger partial charge in [-0.3, -0.25) is 14.9 Å². The molecule has 0 bridgehead atoms. The number of esters is 1. The highest BCUT2D eigenvalue weighted by Gasteiger charge is 2.15. The van der Waals surface area contributed by atoms with Gasteiger partial charge in [0.25, 0.3) is 11.6 Å². The second kappa shape index (κ2) is 7.36. The number of anilines is 1. The van der Waals surface area contributed by atoms with Crippen molar-refractivity contribution in [1.29, 1.82) is 0 Å². The van der Waals surface area contributed by atoms with E-state index in [1.54, 1.807) is 12.1 Å². The minimum Gasteiger partial charge on any atom is -0.452 e. The summed E-state index contributed by atoms with van der Waals surface area (Å²) in [6, 6.07) is 11.1. The number of amides is 1. The molecule has 2 aromatic rings. The number of hydrogen-bond acceptors (Lipinski definition) is 5. The molecule has 1 N–H and O–H groups in total. The Hall–Kier alpha value is -3.22. The van der Waals surface area contributed by atoms with Gasteiger partial charge in [-0.25, -0.2) is 4.79 Å². The van der Waals surface area contributed by atoms with Crippen LogP contribution in [-0.2, 0) is 9.53 Å². The van der Waals surface area contributed by atoms with Crippen LogP contribution < -0.4 is 5.32 Å². The Bertz CT molecular complexity index is 801. The minimum absolute atomic E-state index is 0.0798. The molecule has 7 heteroatoms. The van der Waals surface area contributed by atoms with Crippen molar-refractivity contribution in [3.05, 3.63) is 69.3 Å². The van der Waals surface area contributed by atoms with E-state index >= 15 is 0 Å². The van der Waals surface area contributed by atoms with Gasteiger partial charge in [0, 0.05) is 17.3 Å². The molecule has 0 fully saturated rings. The molecule has 7 nitrogen and oxygen atoms in total. The summed E-state index contributed by atoms with van der Waals surface area (Å²) in [5, 5.41) is 13.4. The molecule has 0 saturated heterocycles. The molecule has 0 aliphatic carbocycles. The van der Waals surface area contributed by atoms with Crippen molar-refractivity contribution in [2.24, 2.45) is 0 Å². The van der Waals surface area contributed by atoms with Crippen LogP contribution in [0.15, 0.2) is 42.5 Å². The zero-order valence-corrected chi connectivity index (χ0v) is 13.2. The van der Waals surface area contributed by atoms with Crippen molar-refractivity contribution < 1.29 is 19.2 Å². The van der Waals surface area contributed by atoms with E-state index in [-0.39, 0.29) is 11.3 Å². The lowest BCUT2D eigenvalue weighted by Crippen LogP contribution is -2.21. The maximum Gasteiger partial charge on any atom is 0.338 e. The van der Waals surface area contributed by atoms with E-state index in [0.717, 1.165) is 5.56 Å². The van der Waals surface area contributed by atoms with E-state index in [1.165, 1.54) is 25.1 Å². The van der Waals surface area contributed by atoms with Crippen LogP contribution in [0.5, 0.6) is 0 Å². The highest BCUT2D eigenvalue weighted by Crippen LogP contribution is 2.19. The number of hydrogen-bond donors (Lipinski definition) is 1. The van der Waals surface area contributed by atoms with Crippen LogP contribution in [-0.4, -0.2) is 23.4 Å². The minimum atomic E-state index is -0.715. The predicted octanol–water partition coefficient (Wildman–Crippen LogP) is 3.01. The first-order chi connectivity index (χ1) is 11.4. The summed E-state index contributed by atoms with van der Waals surface area (Å²) in [4.78, 5) is 34.0. The van der Waals surface area contributed by atoms with Crippen LogP contribution >= 0.6 is 0 Å². The van der Waals surface area contributed by atoms with E-state index < -0.39 is 23.4 Å². The van der Waals surface area contributed by atoms with Crippen LogP contribution in [0.1, 0.15) is 21.5 Å². The smallest absolute Gasteiger partial charge is 0.338 e. The van der Waals surface area contributed by atoms with Gasteiger partial charge >= 0.3 is 5.97 Å². The molecule has 24 heavy (non-hydrogen) atoms. The van der Waals surface area contributed by atoms with E-state index in [9.17, 15) is 19.7 Å². The van der Waals surface area contributed by atoms with Crippen LogP contribution in [0.25, 0.3) is 0 Å². The summed E-state index contributed by atoms with van der Waals surface area (Å²) >= 11 is 0. The number of nitrogens with zero attached hydrogens (tertiary/aromatic N) is 1. The first-order valence-electron chi connectivity index (χ1n) is 7.16. The molecular formula is C17H16N2O5. The topological polar surface area (TPSA) is 98.5 Å². The van der Waals surface area contributed by atoms with E-state index in [1.807, 2.05) is 19.1 Å². The predicted molar refractivity (Wildman–Crippen MR) is 87.9 cm³/mol. The SMILES string of the molecule is Cc1ccccc1NC(=O)COC(=O)c1ccc([N+](=O)[O-])c(C)c1. The van der Waals surface area contributed by atoms with Crippen LogP contribution in [0.3, 0.4) is 0 Å². The number of aryl methyl sites for hydroxylation is 2. The van der Waals surface area contributed by atoms with Crippen molar-refractivity contribution in [3.63, 3.8) is 0 Å². The lowest BCUT2D eigenvalue weighted by molar-refractivity contribution is -0.385. The molecule has 2 aromatic carbocycles. The van der Waals surface area contributed by atoms with Gasteiger partial charge in [-0.2, -0.15) is 0 Å². The molecule has 124 valence electrons. The number of carbonyl (C=O) groups excluding carboxylic acids is 2. The Morgan fingerprint density at radius 2 is 1.83 bits per heavy atom. The highest BCUT2D eigenvalue weighted by atomic mass is 16.6. The Morgan fingerprint density at radius 1 is 1.12 bits per heavy atom. The number of ether oxygens (including phenoxy) is 1. The highest BCUT2D eigenvalue weighted by molar-refractivity contribution is 5.96. The van der Waals surface area contributed by atoms with Gasteiger partial charge in [-0.15, -0.1) is 0 Å². The number of rotatable bonds is 5. The molecule has 0 heterocycles. The van der Waals surface area contributed by atoms with Crippen molar-refractivity contribution in [2.45, 2.75) is 13.8 Å².